The van der Waals surface area contributed by atoms with Crippen LogP contribution in [0.1, 0.15) is 37.8 Å². The second kappa shape index (κ2) is 10.3. The standard InChI is InChI=1S/C25H34N2O5/c1-5-7-17-10-11-18-21(20(17)25(31)32-6-2)24(30)27(12-13-28)22(18)23(29)26-19-14-15(3)8-9-16(19)4/h8-11,14,17-18,20-22,28H,5-7,12-13H2,1-4H3,(H,26,29)/t17-,18+,20-,21-,22+/m1/s1. The number of esters is 1. The highest BCUT2D eigenvalue weighted by molar-refractivity contribution is 6.02. The number of ether oxygens (including phenoxy) is 1. The van der Waals surface area contributed by atoms with Gasteiger partial charge in [-0.15, -0.1) is 0 Å². The average molecular weight is 443 g/mol. The van der Waals surface area contributed by atoms with Crippen LogP contribution in [-0.2, 0) is 19.1 Å². The highest BCUT2D eigenvalue weighted by Crippen LogP contribution is 2.45. The van der Waals surface area contributed by atoms with Gasteiger partial charge in [0.15, 0.2) is 0 Å². The fourth-order valence-corrected chi connectivity index (χ4v) is 5.09. The topological polar surface area (TPSA) is 95.9 Å². The van der Waals surface area contributed by atoms with Crippen molar-refractivity contribution in [1.29, 1.82) is 0 Å². The Hall–Kier alpha value is -2.67. The van der Waals surface area contributed by atoms with E-state index in [0.29, 0.717) is 5.69 Å². The fraction of sp³-hybridized carbons (Fsp3) is 0.560. The van der Waals surface area contributed by atoms with Gasteiger partial charge in [0.05, 0.1) is 25.0 Å². The molecule has 0 aromatic heterocycles. The summed E-state index contributed by atoms with van der Waals surface area (Å²) in [6.45, 7) is 7.66. The molecule has 1 aliphatic carbocycles. The number of fused-ring (bicyclic) bond motifs is 1. The summed E-state index contributed by atoms with van der Waals surface area (Å²) < 4.78 is 5.34. The van der Waals surface area contributed by atoms with Gasteiger partial charge in [-0.3, -0.25) is 14.4 Å². The van der Waals surface area contributed by atoms with Crippen molar-refractivity contribution in [1.82, 2.24) is 4.90 Å². The number of nitrogens with zero attached hydrogens (tertiary/aromatic N) is 1. The average Bonchev–Trinajstić information content (AvgIpc) is 3.03. The van der Waals surface area contributed by atoms with Crippen LogP contribution in [-0.4, -0.2) is 53.6 Å². The van der Waals surface area contributed by atoms with Gasteiger partial charge in [0, 0.05) is 18.2 Å². The van der Waals surface area contributed by atoms with Crippen LogP contribution in [0.15, 0.2) is 30.4 Å². The van der Waals surface area contributed by atoms with Crippen LogP contribution >= 0.6 is 0 Å². The Bertz CT molecular complexity index is 896. The van der Waals surface area contributed by atoms with Gasteiger partial charge < -0.3 is 20.1 Å². The molecule has 7 nitrogen and oxygen atoms in total. The molecule has 0 unspecified atom stereocenters. The zero-order valence-corrected chi connectivity index (χ0v) is 19.3. The number of aliphatic hydroxyl groups is 1. The van der Waals surface area contributed by atoms with E-state index in [9.17, 15) is 19.5 Å². The Morgan fingerprint density at radius 2 is 1.94 bits per heavy atom. The number of aryl methyl sites for hydroxylation is 2. The third-order valence-corrected chi connectivity index (χ3v) is 6.55. The Morgan fingerprint density at radius 1 is 1.19 bits per heavy atom. The molecule has 2 aliphatic rings. The molecule has 7 heteroatoms. The number of β-amino-alcohol motifs (C(OH)–C–C–N with tert-alkyl or cyclic N) is 1. The van der Waals surface area contributed by atoms with Gasteiger partial charge in [-0.2, -0.15) is 0 Å². The molecule has 1 saturated heterocycles. The van der Waals surface area contributed by atoms with Crippen molar-refractivity contribution in [3.05, 3.63) is 41.5 Å². The van der Waals surface area contributed by atoms with E-state index in [1.54, 1.807) is 6.92 Å². The molecule has 1 aromatic rings. The third-order valence-electron chi connectivity index (χ3n) is 6.55. The van der Waals surface area contributed by atoms with Gasteiger partial charge in [-0.25, -0.2) is 0 Å². The van der Waals surface area contributed by atoms with Crippen molar-refractivity contribution in [3.63, 3.8) is 0 Å². The Kier molecular flexibility index (Phi) is 7.72. The molecule has 32 heavy (non-hydrogen) atoms. The summed E-state index contributed by atoms with van der Waals surface area (Å²) in [5, 5.41) is 12.6. The lowest BCUT2D eigenvalue weighted by atomic mass is 9.69. The summed E-state index contributed by atoms with van der Waals surface area (Å²) in [5.41, 5.74) is 2.63. The molecule has 0 saturated carbocycles. The number of amides is 2. The van der Waals surface area contributed by atoms with E-state index in [1.807, 2.05) is 51.1 Å². The third kappa shape index (κ3) is 4.58. The lowest BCUT2D eigenvalue weighted by molar-refractivity contribution is -0.155. The van der Waals surface area contributed by atoms with Crippen LogP contribution in [0, 0.1) is 37.5 Å². The number of hydrogen-bond acceptors (Lipinski definition) is 5. The Morgan fingerprint density at radius 3 is 2.59 bits per heavy atom. The minimum absolute atomic E-state index is 0.0402. The largest absolute Gasteiger partial charge is 0.466 e. The molecular formula is C25H34N2O5. The first kappa shape index (κ1) is 24.0. The van der Waals surface area contributed by atoms with E-state index >= 15 is 0 Å². The number of aliphatic hydroxyl groups excluding tert-OH is 1. The zero-order valence-electron chi connectivity index (χ0n) is 19.3. The molecule has 1 aliphatic heterocycles. The summed E-state index contributed by atoms with van der Waals surface area (Å²) >= 11 is 0. The van der Waals surface area contributed by atoms with E-state index < -0.39 is 29.8 Å². The summed E-state index contributed by atoms with van der Waals surface area (Å²) in [7, 11) is 0. The number of benzene rings is 1. The Balaban J connectivity index is 1.98. The molecule has 2 N–H and O–H groups in total. The van der Waals surface area contributed by atoms with Gasteiger partial charge in [0.25, 0.3) is 0 Å². The molecule has 0 radical (unpaired) electrons. The van der Waals surface area contributed by atoms with Crippen molar-refractivity contribution in [3.8, 4) is 0 Å². The van der Waals surface area contributed by atoms with Crippen molar-refractivity contribution < 1.29 is 24.2 Å². The van der Waals surface area contributed by atoms with Crippen LogP contribution < -0.4 is 5.32 Å². The summed E-state index contributed by atoms with van der Waals surface area (Å²) in [6.07, 6.45) is 5.52. The highest BCUT2D eigenvalue weighted by atomic mass is 16.5. The van der Waals surface area contributed by atoms with Gasteiger partial charge in [-0.1, -0.05) is 37.6 Å². The first-order valence-electron chi connectivity index (χ1n) is 11.5. The van der Waals surface area contributed by atoms with Crippen LogP contribution in [0.3, 0.4) is 0 Å². The minimum atomic E-state index is -0.796. The lowest BCUT2D eigenvalue weighted by Crippen LogP contribution is -2.45. The summed E-state index contributed by atoms with van der Waals surface area (Å²) in [6, 6.07) is 5.01. The van der Waals surface area contributed by atoms with E-state index in [2.05, 4.69) is 5.32 Å². The zero-order chi connectivity index (χ0) is 23.4. The van der Waals surface area contributed by atoms with Gasteiger partial charge in [0.2, 0.25) is 11.8 Å². The molecule has 1 heterocycles. The van der Waals surface area contributed by atoms with Crippen LogP contribution in [0.2, 0.25) is 0 Å². The van der Waals surface area contributed by atoms with Crippen molar-refractivity contribution in [2.75, 3.05) is 25.1 Å². The maximum Gasteiger partial charge on any atom is 0.310 e. The van der Waals surface area contributed by atoms with Gasteiger partial charge >= 0.3 is 5.97 Å². The number of rotatable bonds is 8. The first-order chi connectivity index (χ1) is 15.3. The van der Waals surface area contributed by atoms with Crippen molar-refractivity contribution in [2.45, 2.75) is 46.6 Å². The van der Waals surface area contributed by atoms with Gasteiger partial charge in [-0.05, 0) is 50.3 Å². The number of hydrogen-bond donors (Lipinski definition) is 2. The molecule has 2 amide bonds. The number of allylic oxidation sites excluding steroid dienone is 1. The molecule has 3 rings (SSSR count). The monoisotopic (exact) mass is 442 g/mol. The Labute approximate surface area is 189 Å². The van der Waals surface area contributed by atoms with E-state index in [0.717, 1.165) is 24.0 Å². The quantitative estimate of drug-likeness (QED) is 0.477. The maximum absolute atomic E-state index is 13.5. The molecule has 1 fully saturated rings. The number of carbonyl (C=O) groups excluding carboxylic acids is 3. The highest BCUT2D eigenvalue weighted by Gasteiger charge is 2.57. The van der Waals surface area contributed by atoms with Gasteiger partial charge in [0.1, 0.15) is 6.04 Å². The SMILES string of the molecule is CCC[C@@H]1C=C[C@H]2[C@@H](C(=O)N(CCO)[C@@H]2C(=O)Nc2cc(C)ccc2C)[C@@H]1C(=O)OCC. The maximum atomic E-state index is 13.5. The normalized spacial score (nSPS) is 26.7. The summed E-state index contributed by atoms with van der Waals surface area (Å²) in [4.78, 5) is 41.3. The number of likely N-dealkylation sites (tertiary alicyclic amines) is 1. The second-order valence-corrected chi connectivity index (χ2v) is 8.73. The van der Waals surface area contributed by atoms with Crippen molar-refractivity contribution in [2.24, 2.45) is 23.7 Å². The minimum Gasteiger partial charge on any atom is -0.466 e. The number of anilines is 1. The van der Waals surface area contributed by atoms with E-state index in [4.69, 9.17) is 4.74 Å². The number of nitrogens with one attached hydrogen (secondary N) is 1. The predicted octanol–water partition coefficient (Wildman–Crippen LogP) is 2.84. The lowest BCUT2D eigenvalue weighted by Gasteiger charge is -2.33. The number of carbonyl (C=O) groups is 3. The fourth-order valence-electron chi connectivity index (χ4n) is 5.09. The molecule has 174 valence electrons. The van der Waals surface area contributed by atoms with Crippen LogP contribution in [0.5, 0.6) is 0 Å². The second-order valence-electron chi connectivity index (χ2n) is 8.73. The summed E-state index contributed by atoms with van der Waals surface area (Å²) in [5.74, 6) is -2.84. The first-order valence-corrected chi connectivity index (χ1v) is 11.5. The van der Waals surface area contributed by atoms with E-state index in [1.165, 1.54) is 4.90 Å². The molecule has 0 bridgehead atoms. The van der Waals surface area contributed by atoms with Crippen LogP contribution in [0.25, 0.3) is 0 Å². The smallest absolute Gasteiger partial charge is 0.310 e. The molecular weight excluding hydrogens is 408 g/mol. The van der Waals surface area contributed by atoms with Crippen LogP contribution in [0.4, 0.5) is 5.69 Å². The predicted molar refractivity (Wildman–Crippen MR) is 122 cm³/mol. The molecule has 1 aromatic carbocycles. The van der Waals surface area contributed by atoms with E-state index in [-0.39, 0.29) is 37.5 Å². The van der Waals surface area contributed by atoms with Crippen molar-refractivity contribution >= 4 is 23.5 Å². The molecule has 5 atom stereocenters. The molecule has 0 spiro atoms.